The number of fused-ring (bicyclic) bond motifs is 4. The lowest BCUT2D eigenvalue weighted by molar-refractivity contribution is -0.946. The van der Waals surface area contributed by atoms with Gasteiger partial charge in [0.25, 0.3) is 5.91 Å². The van der Waals surface area contributed by atoms with Crippen molar-refractivity contribution in [2.24, 2.45) is 5.92 Å². The molecule has 1 aromatic heterocycles. The van der Waals surface area contributed by atoms with Gasteiger partial charge in [-0.2, -0.15) is 0 Å². The van der Waals surface area contributed by atoms with Crippen LogP contribution in [0.1, 0.15) is 62.2 Å². The third-order valence-electron chi connectivity index (χ3n) is 10.7. The topological polar surface area (TPSA) is 90.2 Å². The Morgan fingerprint density at radius 1 is 0.902 bits per heavy atom. The van der Waals surface area contributed by atoms with Crippen LogP contribution >= 0.6 is 0 Å². The molecular formula is C40H48F2N3O6+. The molecule has 3 aromatic carbocycles. The van der Waals surface area contributed by atoms with Crippen molar-refractivity contribution in [1.82, 2.24) is 4.57 Å². The van der Waals surface area contributed by atoms with Crippen molar-refractivity contribution >= 4 is 22.5 Å². The van der Waals surface area contributed by atoms with Gasteiger partial charge in [-0.1, -0.05) is 12.8 Å². The Hall–Kier alpha value is -4.48. The molecule has 4 heterocycles. The lowest BCUT2D eigenvalue weighted by Crippen LogP contribution is -2.63. The number of benzene rings is 3. The number of halogens is 2. The van der Waals surface area contributed by atoms with Crippen molar-refractivity contribution in [3.8, 4) is 22.9 Å². The molecule has 3 saturated heterocycles. The fourth-order valence-electron chi connectivity index (χ4n) is 7.81. The van der Waals surface area contributed by atoms with Crippen LogP contribution in [0.25, 0.3) is 16.6 Å². The normalized spacial score (nSPS) is 19.6. The Labute approximate surface area is 297 Å². The Morgan fingerprint density at radius 2 is 1.57 bits per heavy atom. The van der Waals surface area contributed by atoms with Crippen LogP contribution in [0.15, 0.2) is 65.6 Å². The van der Waals surface area contributed by atoms with Gasteiger partial charge in [0.2, 0.25) is 5.43 Å². The number of rotatable bonds is 15. The summed E-state index contributed by atoms with van der Waals surface area (Å²) in [6.45, 7) is 6.77. The fraction of sp³-hybridized carbons (Fsp3) is 0.450. The lowest BCUT2D eigenvalue weighted by Gasteiger charge is -2.51. The molecule has 4 aromatic rings. The minimum atomic E-state index is -0.829. The highest BCUT2D eigenvalue weighted by molar-refractivity contribution is 6.07. The monoisotopic (exact) mass is 704 g/mol. The number of carbonyl (C=O) groups excluding carboxylic acids is 1. The first-order chi connectivity index (χ1) is 24.6. The minimum Gasteiger partial charge on any atom is -0.497 e. The summed E-state index contributed by atoms with van der Waals surface area (Å²) >= 11 is 0. The van der Waals surface area contributed by atoms with E-state index >= 15 is 0 Å². The number of amides is 1. The molecule has 3 aliphatic rings. The smallest absolute Gasteiger partial charge is 0.263 e. The molecule has 272 valence electrons. The summed E-state index contributed by atoms with van der Waals surface area (Å²) in [6.07, 6.45) is 9.03. The Kier molecular flexibility index (Phi) is 11.3. The van der Waals surface area contributed by atoms with E-state index in [0.717, 1.165) is 74.3 Å². The zero-order chi connectivity index (χ0) is 36.1. The summed E-state index contributed by atoms with van der Waals surface area (Å²) < 4.78 is 48.2. The number of carbonyl (C=O) groups is 1. The van der Waals surface area contributed by atoms with Crippen LogP contribution in [0.4, 0.5) is 14.5 Å². The number of unbranched alkanes of at least 4 members (excludes halogenated alkanes) is 4. The number of ether oxygens (including phenoxy) is 3. The van der Waals surface area contributed by atoms with Crippen molar-refractivity contribution in [3.63, 3.8) is 0 Å². The number of aliphatic hydroxyl groups is 1. The number of hydrogen-bond donors (Lipinski definition) is 1. The number of aliphatic hydroxyl groups excluding tert-OH is 1. The molecule has 0 unspecified atom stereocenters. The van der Waals surface area contributed by atoms with Gasteiger partial charge in [-0.05, 0) is 50.5 Å². The molecule has 3 aliphatic heterocycles. The van der Waals surface area contributed by atoms with Gasteiger partial charge in [0.1, 0.15) is 47.1 Å². The van der Waals surface area contributed by atoms with E-state index in [1.54, 1.807) is 47.9 Å². The van der Waals surface area contributed by atoms with Gasteiger partial charge in [0.05, 0.1) is 51.7 Å². The van der Waals surface area contributed by atoms with Crippen LogP contribution in [0.3, 0.4) is 0 Å². The Balaban J connectivity index is 1.20. The van der Waals surface area contributed by atoms with Crippen LogP contribution in [-0.4, -0.2) is 79.7 Å². The van der Waals surface area contributed by atoms with Crippen LogP contribution in [0.2, 0.25) is 0 Å². The maximum atomic E-state index is 14.1. The molecule has 0 saturated carbocycles. The summed E-state index contributed by atoms with van der Waals surface area (Å²) in [5.41, 5.74) is 0.389. The highest BCUT2D eigenvalue weighted by atomic mass is 19.1. The average molecular weight is 705 g/mol. The molecule has 0 radical (unpaired) electrons. The van der Waals surface area contributed by atoms with Gasteiger partial charge in [0, 0.05) is 72.9 Å². The van der Waals surface area contributed by atoms with E-state index in [1.807, 2.05) is 0 Å². The second-order valence-corrected chi connectivity index (χ2v) is 13.9. The zero-order valence-corrected chi connectivity index (χ0v) is 29.7. The average Bonchev–Trinajstić information content (AvgIpc) is 3.12. The van der Waals surface area contributed by atoms with E-state index in [2.05, 4.69) is 0 Å². The maximum absolute atomic E-state index is 14.1. The third kappa shape index (κ3) is 8.05. The number of anilines is 1. The largest absolute Gasteiger partial charge is 0.497 e. The molecule has 3 fully saturated rings. The SMILES string of the molecule is CCN(C(=O)c1cn(-c2cc(OC)cc(OC)c2)c2cc(OCCCCCCC[N+]34CCC(CC3)[C@@H](O)C4)ccc2c1=O)c1cc(F)cc(F)c1. The molecule has 7 rings (SSSR count). The second kappa shape index (κ2) is 15.8. The van der Waals surface area contributed by atoms with E-state index in [4.69, 9.17) is 14.2 Å². The number of nitrogens with zero attached hydrogens (tertiary/aromatic N) is 3. The van der Waals surface area contributed by atoms with E-state index < -0.39 is 23.0 Å². The fourth-order valence-corrected chi connectivity index (χ4v) is 7.81. The Bertz CT molecular complexity index is 1880. The Morgan fingerprint density at radius 3 is 2.22 bits per heavy atom. The molecule has 0 aliphatic carbocycles. The van der Waals surface area contributed by atoms with Gasteiger partial charge < -0.3 is 33.3 Å². The predicted molar refractivity (Wildman–Crippen MR) is 193 cm³/mol. The number of pyridine rings is 1. The van der Waals surface area contributed by atoms with Crippen molar-refractivity contribution in [3.05, 3.63) is 88.2 Å². The first kappa shape index (κ1) is 36.3. The molecule has 1 atom stereocenters. The summed E-state index contributed by atoms with van der Waals surface area (Å²) in [5.74, 6) is -0.243. The first-order valence-corrected chi connectivity index (χ1v) is 18.0. The van der Waals surface area contributed by atoms with Crippen molar-refractivity contribution in [1.29, 1.82) is 0 Å². The second-order valence-electron chi connectivity index (χ2n) is 13.9. The van der Waals surface area contributed by atoms with E-state index in [-0.39, 0.29) is 29.3 Å². The summed E-state index contributed by atoms with van der Waals surface area (Å²) in [4.78, 5) is 29.0. The molecule has 1 amide bonds. The highest BCUT2D eigenvalue weighted by Gasteiger charge is 2.44. The molecule has 51 heavy (non-hydrogen) atoms. The van der Waals surface area contributed by atoms with Gasteiger partial charge in [-0.15, -0.1) is 0 Å². The van der Waals surface area contributed by atoms with Gasteiger partial charge >= 0.3 is 0 Å². The number of piperidine rings is 3. The van der Waals surface area contributed by atoms with E-state index in [9.17, 15) is 23.5 Å². The van der Waals surface area contributed by atoms with E-state index in [1.165, 1.54) is 44.8 Å². The lowest BCUT2D eigenvalue weighted by atomic mass is 9.83. The van der Waals surface area contributed by atoms with Crippen LogP contribution < -0.4 is 24.5 Å². The third-order valence-corrected chi connectivity index (χ3v) is 10.7. The summed E-state index contributed by atoms with van der Waals surface area (Å²) in [7, 11) is 3.07. The molecule has 2 bridgehead atoms. The van der Waals surface area contributed by atoms with E-state index in [0.29, 0.717) is 41.0 Å². The zero-order valence-electron chi connectivity index (χ0n) is 29.7. The number of quaternary nitrogens is 1. The number of hydrogen-bond acceptors (Lipinski definition) is 6. The van der Waals surface area contributed by atoms with Gasteiger partial charge in [0.15, 0.2) is 0 Å². The molecular weight excluding hydrogens is 656 g/mol. The van der Waals surface area contributed by atoms with Gasteiger partial charge in [-0.25, -0.2) is 8.78 Å². The molecule has 9 nitrogen and oxygen atoms in total. The maximum Gasteiger partial charge on any atom is 0.263 e. The summed E-state index contributed by atoms with van der Waals surface area (Å²) in [5, 5.41) is 10.6. The minimum absolute atomic E-state index is 0.00713. The van der Waals surface area contributed by atoms with Crippen molar-refractivity contribution in [2.45, 2.75) is 58.0 Å². The highest BCUT2D eigenvalue weighted by Crippen LogP contribution is 2.34. The van der Waals surface area contributed by atoms with Crippen molar-refractivity contribution in [2.75, 3.05) is 58.5 Å². The predicted octanol–water partition coefficient (Wildman–Crippen LogP) is 6.88. The number of aromatic nitrogens is 1. The quantitative estimate of drug-likeness (QED) is 0.107. The van der Waals surface area contributed by atoms with Crippen LogP contribution in [0, 0.1) is 17.6 Å². The van der Waals surface area contributed by atoms with Crippen molar-refractivity contribution < 1.29 is 37.4 Å². The number of methoxy groups -OCH3 is 2. The van der Waals surface area contributed by atoms with Gasteiger partial charge in [-0.3, -0.25) is 9.59 Å². The standard InChI is InChI=1S/C40H48F2N3O6/c1-4-43(30-19-28(41)18-29(42)20-30)40(48)36-25-44(31-21-33(49-2)23-34(22-31)50-3)37-24-32(10-11-35(37)39(36)47)51-17-9-7-5-6-8-14-45-15-12-27(13-16-45)38(46)26-45/h10-11,18-25,27,38,46H,4-9,12-17,26H2,1-3H3/q+1/t27?,38-,45?/m0/s1. The summed E-state index contributed by atoms with van der Waals surface area (Å²) in [6, 6.07) is 13.2. The van der Waals surface area contributed by atoms with Crippen LogP contribution in [0.5, 0.6) is 17.2 Å². The molecule has 11 heteroatoms. The molecule has 1 N–H and O–H groups in total. The molecule has 0 spiro atoms. The first-order valence-electron chi connectivity index (χ1n) is 18.0. The van der Waals surface area contributed by atoms with Crippen LogP contribution in [-0.2, 0) is 0 Å².